The minimum atomic E-state index is -1.04. The highest BCUT2D eigenvalue weighted by molar-refractivity contribution is 7.19. The maximum Gasteiger partial charge on any atom is 0.356 e. The molecule has 0 fully saturated rings. The molecule has 0 atom stereocenters. The zero-order valence-electron chi connectivity index (χ0n) is 10.4. The average molecular weight is 273 g/mol. The van der Waals surface area contributed by atoms with E-state index >= 15 is 0 Å². The largest absolute Gasteiger partial charge is 0.476 e. The summed E-state index contributed by atoms with van der Waals surface area (Å²) in [5.41, 5.74) is 3.48. The molecule has 0 aliphatic heterocycles. The monoisotopic (exact) mass is 273 g/mol. The Hall–Kier alpha value is -2.21. The van der Waals surface area contributed by atoms with Crippen LogP contribution in [0.1, 0.15) is 21.6 Å². The number of aryl methyl sites for hydroxylation is 2. The number of carboxylic acids is 1. The Bertz CT molecular complexity index is 757. The highest BCUT2D eigenvalue weighted by atomic mass is 32.1. The van der Waals surface area contributed by atoms with Gasteiger partial charge in [-0.2, -0.15) is 5.10 Å². The predicted molar refractivity (Wildman–Crippen MR) is 72.7 cm³/mol. The van der Waals surface area contributed by atoms with Crippen LogP contribution in [0.2, 0.25) is 0 Å². The predicted octanol–water partition coefficient (Wildman–Crippen LogP) is 2.77. The zero-order chi connectivity index (χ0) is 13.6. The number of benzene rings is 1. The summed E-state index contributed by atoms with van der Waals surface area (Å²) >= 11 is 1.38. The number of aromatic nitrogens is 3. The maximum atomic E-state index is 10.8. The van der Waals surface area contributed by atoms with Gasteiger partial charge in [-0.3, -0.25) is 0 Å². The van der Waals surface area contributed by atoms with E-state index in [1.54, 1.807) is 0 Å². The second-order valence-corrected chi connectivity index (χ2v) is 5.32. The first-order valence-electron chi connectivity index (χ1n) is 5.72. The van der Waals surface area contributed by atoms with Crippen LogP contribution in [-0.2, 0) is 0 Å². The summed E-state index contributed by atoms with van der Waals surface area (Å²) in [4.78, 5) is 15.4. The molecule has 3 aromatic rings. The van der Waals surface area contributed by atoms with E-state index in [1.807, 2.05) is 6.07 Å². The molecule has 0 saturated heterocycles. The van der Waals surface area contributed by atoms with E-state index in [4.69, 9.17) is 5.11 Å². The summed E-state index contributed by atoms with van der Waals surface area (Å²) in [6.07, 6.45) is 1.43. The molecule has 0 unspecified atom stereocenters. The van der Waals surface area contributed by atoms with Crippen molar-refractivity contribution in [2.75, 3.05) is 0 Å². The molecular formula is C13H11N3O2S. The first kappa shape index (κ1) is 11.9. The summed E-state index contributed by atoms with van der Waals surface area (Å²) in [6, 6.07) is 6.14. The number of carbonyl (C=O) groups is 1. The fourth-order valence-electron chi connectivity index (χ4n) is 1.79. The second-order valence-electron chi connectivity index (χ2n) is 4.36. The number of aromatic carboxylic acids is 1. The highest BCUT2D eigenvalue weighted by Crippen LogP contribution is 2.27. The summed E-state index contributed by atoms with van der Waals surface area (Å²) in [5.74, 6) is -1.04. The molecule has 1 N–H and O–H groups in total. The fourth-order valence-corrected chi connectivity index (χ4v) is 2.67. The van der Waals surface area contributed by atoms with E-state index in [1.165, 1.54) is 33.2 Å². The zero-order valence-corrected chi connectivity index (χ0v) is 11.2. The van der Waals surface area contributed by atoms with Crippen LogP contribution in [0.25, 0.3) is 15.5 Å². The van der Waals surface area contributed by atoms with Gasteiger partial charge in [-0.1, -0.05) is 23.5 Å². The van der Waals surface area contributed by atoms with Crippen LogP contribution in [0.5, 0.6) is 0 Å². The summed E-state index contributed by atoms with van der Waals surface area (Å²) in [7, 11) is 0. The van der Waals surface area contributed by atoms with E-state index in [0.717, 1.165) is 10.6 Å². The number of hydrogen-bond donors (Lipinski definition) is 1. The van der Waals surface area contributed by atoms with E-state index in [9.17, 15) is 4.79 Å². The number of fused-ring (bicyclic) bond motifs is 1. The molecule has 0 bridgehead atoms. The van der Waals surface area contributed by atoms with Crippen LogP contribution in [0, 0.1) is 13.8 Å². The molecule has 0 saturated carbocycles. The van der Waals surface area contributed by atoms with Crippen molar-refractivity contribution in [1.82, 2.24) is 14.6 Å². The smallest absolute Gasteiger partial charge is 0.356 e. The lowest BCUT2D eigenvalue weighted by Crippen LogP contribution is -1.95. The van der Waals surface area contributed by atoms with Gasteiger partial charge in [0.05, 0.1) is 6.20 Å². The quantitative estimate of drug-likeness (QED) is 0.779. The maximum absolute atomic E-state index is 10.8. The van der Waals surface area contributed by atoms with Gasteiger partial charge in [-0.25, -0.2) is 14.3 Å². The van der Waals surface area contributed by atoms with Gasteiger partial charge in [0.25, 0.3) is 0 Å². The molecule has 3 rings (SSSR count). The Labute approximate surface area is 113 Å². The van der Waals surface area contributed by atoms with Crippen molar-refractivity contribution in [3.05, 3.63) is 41.2 Å². The van der Waals surface area contributed by atoms with Gasteiger partial charge in [0.1, 0.15) is 5.01 Å². The molecule has 1 aromatic carbocycles. The van der Waals surface area contributed by atoms with Gasteiger partial charge in [0, 0.05) is 5.56 Å². The normalized spacial score (nSPS) is 11.1. The lowest BCUT2D eigenvalue weighted by molar-refractivity contribution is 0.0691. The minimum absolute atomic E-state index is 0.0189. The average Bonchev–Trinajstić information content (AvgIpc) is 2.90. The third kappa shape index (κ3) is 2.00. The van der Waals surface area contributed by atoms with Crippen molar-refractivity contribution in [3.63, 3.8) is 0 Å². The molecule has 0 radical (unpaired) electrons. The highest BCUT2D eigenvalue weighted by Gasteiger charge is 2.13. The molecule has 96 valence electrons. The van der Waals surface area contributed by atoms with Gasteiger partial charge in [0.15, 0.2) is 5.69 Å². The molecule has 0 aliphatic carbocycles. The third-order valence-corrected chi connectivity index (χ3v) is 3.99. The third-order valence-electron chi connectivity index (χ3n) is 3.02. The Morgan fingerprint density at radius 3 is 2.74 bits per heavy atom. The Morgan fingerprint density at radius 2 is 2.11 bits per heavy atom. The minimum Gasteiger partial charge on any atom is -0.476 e. The molecular weight excluding hydrogens is 262 g/mol. The lowest BCUT2D eigenvalue weighted by Gasteiger charge is -2.01. The van der Waals surface area contributed by atoms with E-state index in [-0.39, 0.29) is 5.69 Å². The van der Waals surface area contributed by atoms with Crippen LogP contribution >= 0.6 is 11.3 Å². The molecule has 6 heteroatoms. The van der Waals surface area contributed by atoms with Crippen LogP contribution in [-0.4, -0.2) is 25.7 Å². The van der Waals surface area contributed by atoms with Crippen molar-refractivity contribution < 1.29 is 9.90 Å². The summed E-state index contributed by atoms with van der Waals surface area (Å²) in [6.45, 7) is 4.12. The lowest BCUT2D eigenvalue weighted by atomic mass is 10.1. The van der Waals surface area contributed by atoms with Gasteiger partial charge in [-0.05, 0) is 31.0 Å². The fraction of sp³-hybridized carbons (Fsp3) is 0.154. The van der Waals surface area contributed by atoms with E-state index in [2.05, 4.69) is 36.1 Å². The molecule has 0 aliphatic rings. The molecule has 19 heavy (non-hydrogen) atoms. The standard InChI is InChI=1S/C13H11N3O2S/c1-7-3-4-9(5-8(7)2)11-15-16-6-10(12(17)18)14-13(16)19-11/h3-6H,1-2H3,(H,17,18). The number of carboxylic acid groups (broad SMARTS) is 1. The number of imidazole rings is 1. The van der Waals surface area contributed by atoms with Crippen LogP contribution < -0.4 is 0 Å². The first-order valence-corrected chi connectivity index (χ1v) is 6.53. The Balaban J connectivity index is 2.08. The van der Waals surface area contributed by atoms with Crippen molar-refractivity contribution in [1.29, 1.82) is 0 Å². The van der Waals surface area contributed by atoms with Crippen LogP contribution in [0.4, 0.5) is 0 Å². The molecule has 2 aromatic heterocycles. The van der Waals surface area contributed by atoms with Gasteiger partial charge in [0.2, 0.25) is 4.96 Å². The van der Waals surface area contributed by atoms with Crippen molar-refractivity contribution in [2.45, 2.75) is 13.8 Å². The van der Waals surface area contributed by atoms with Gasteiger partial charge >= 0.3 is 5.97 Å². The summed E-state index contributed by atoms with van der Waals surface area (Å²) in [5, 5.41) is 14.1. The van der Waals surface area contributed by atoms with E-state index < -0.39 is 5.97 Å². The number of nitrogens with zero attached hydrogens (tertiary/aromatic N) is 3. The SMILES string of the molecule is Cc1ccc(-c2nn3cc(C(=O)O)nc3s2)cc1C. The molecule has 2 heterocycles. The van der Waals surface area contributed by atoms with Gasteiger partial charge < -0.3 is 5.11 Å². The van der Waals surface area contributed by atoms with Crippen molar-refractivity contribution >= 4 is 22.3 Å². The molecule has 0 spiro atoms. The number of hydrogen-bond acceptors (Lipinski definition) is 4. The first-order chi connectivity index (χ1) is 9.04. The van der Waals surface area contributed by atoms with Crippen LogP contribution in [0.3, 0.4) is 0 Å². The second kappa shape index (κ2) is 4.17. The van der Waals surface area contributed by atoms with Gasteiger partial charge in [-0.15, -0.1) is 0 Å². The van der Waals surface area contributed by atoms with E-state index in [0.29, 0.717) is 4.96 Å². The van der Waals surface area contributed by atoms with Crippen molar-refractivity contribution in [2.24, 2.45) is 0 Å². The molecule has 5 nitrogen and oxygen atoms in total. The molecule has 0 amide bonds. The topological polar surface area (TPSA) is 67.5 Å². The van der Waals surface area contributed by atoms with Crippen molar-refractivity contribution in [3.8, 4) is 10.6 Å². The Morgan fingerprint density at radius 1 is 1.32 bits per heavy atom. The number of rotatable bonds is 2. The van der Waals surface area contributed by atoms with Crippen LogP contribution in [0.15, 0.2) is 24.4 Å². The Kier molecular flexibility index (Phi) is 2.60. The summed E-state index contributed by atoms with van der Waals surface area (Å²) < 4.78 is 1.51.